The van der Waals surface area contributed by atoms with Gasteiger partial charge >= 0.3 is 0 Å². The molecule has 1 heterocycles. The average Bonchev–Trinajstić information content (AvgIpc) is 3.24. The maximum absolute atomic E-state index is 13.1. The summed E-state index contributed by atoms with van der Waals surface area (Å²) >= 11 is 0. The first-order valence-corrected chi connectivity index (χ1v) is 7.83. The van der Waals surface area contributed by atoms with Crippen LogP contribution >= 0.6 is 0 Å². The standard InChI is InChI=1S/C18H21N3O3.H2/c1-9-4-5-13(22)10(2)14(9)21-15(19)11(16(20)23)8-12(17(21)24)18(3)6-7-18;/h4-5,8,22H,6-7,19H2,1-3H3,(H2,20,23);1H. The summed E-state index contributed by atoms with van der Waals surface area (Å²) in [6, 6.07) is 4.80. The van der Waals surface area contributed by atoms with Crippen LogP contribution in [-0.4, -0.2) is 15.6 Å². The Morgan fingerprint density at radius 3 is 2.50 bits per heavy atom. The van der Waals surface area contributed by atoms with Gasteiger partial charge in [0.05, 0.1) is 11.3 Å². The van der Waals surface area contributed by atoms with Crippen molar-refractivity contribution < 1.29 is 11.3 Å². The number of rotatable bonds is 3. The molecule has 1 aromatic heterocycles. The molecule has 0 aliphatic heterocycles. The van der Waals surface area contributed by atoms with Crippen LogP contribution in [0.1, 0.15) is 48.2 Å². The van der Waals surface area contributed by atoms with E-state index < -0.39 is 5.91 Å². The van der Waals surface area contributed by atoms with Gasteiger partial charge in [0.1, 0.15) is 11.6 Å². The highest BCUT2D eigenvalue weighted by atomic mass is 16.3. The van der Waals surface area contributed by atoms with E-state index in [4.69, 9.17) is 11.5 Å². The SMILES string of the molecule is Cc1ccc(O)c(C)c1-n1c(N)c(C(N)=O)cc(C2(C)CC2)c1=O.[HH]. The Labute approximate surface area is 141 Å². The first-order valence-electron chi connectivity index (χ1n) is 7.83. The van der Waals surface area contributed by atoms with Crippen molar-refractivity contribution >= 4 is 11.7 Å². The van der Waals surface area contributed by atoms with Gasteiger partial charge in [-0.15, -0.1) is 0 Å². The molecule has 1 aliphatic rings. The van der Waals surface area contributed by atoms with E-state index in [1.54, 1.807) is 19.1 Å². The lowest BCUT2D eigenvalue weighted by Gasteiger charge is -2.20. The number of primary amides is 1. The second-order valence-corrected chi connectivity index (χ2v) is 6.80. The zero-order chi connectivity index (χ0) is 17.8. The van der Waals surface area contributed by atoms with Gasteiger partial charge in [0.25, 0.3) is 11.5 Å². The van der Waals surface area contributed by atoms with E-state index in [0.717, 1.165) is 18.4 Å². The van der Waals surface area contributed by atoms with Crippen molar-refractivity contribution in [1.82, 2.24) is 4.57 Å². The van der Waals surface area contributed by atoms with Gasteiger partial charge in [-0.2, -0.15) is 0 Å². The maximum atomic E-state index is 13.1. The van der Waals surface area contributed by atoms with Crippen LogP contribution in [0.25, 0.3) is 5.69 Å². The number of aryl methyl sites for hydroxylation is 1. The number of phenols is 1. The predicted octanol–water partition coefficient (Wildman–Crippen LogP) is 2.14. The number of pyridine rings is 1. The quantitative estimate of drug-likeness (QED) is 0.801. The van der Waals surface area contributed by atoms with Crippen LogP contribution in [0.4, 0.5) is 5.82 Å². The molecule has 5 N–H and O–H groups in total. The number of benzene rings is 1. The van der Waals surface area contributed by atoms with E-state index in [1.807, 2.05) is 13.8 Å². The number of nitrogens with two attached hydrogens (primary N) is 2. The second kappa shape index (κ2) is 5.12. The van der Waals surface area contributed by atoms with Crippen molar-refractivity contribution in [1.29, 1.82) is 0 Å². The van der Waals surface area contributed by atoms with E-state index in [-0.39, 0.29) is 29.5 Å². The molecule has 1 fully saturated rings. The number of nitrogens with zero attached hydrogens (tertiary/aromatic N) is 1. The maximum Gasteiger partial charge on any atom is 0.260 e. The van der Waals surface area contributed by atoms with Crippen molar-refractivity contribution in [2.75, 3.05) is 5.73 Å². The monoisotopic (exact) mass is 329 g/mol. The lowest BCUT2D eigenvalue weighted by molar-refractivity contribution is 0.100. The number of amides is 1. The van der Waals surface area contributed by atoms with Gasteiger partial charge in [-0.3, -0.25) is 14.2 Å². The summed E-state index contributed by atoms with van der Waals surface area (Å²) in [5.41, 5.74) is 13.5. The third-order valence-electron chi connectivity index (χ3n) is 4.98. The summed E-state index contributed by atoms with van der Waals surface area (Å²) in [5.74, 6) is -0.620. The lowest BCUT2D eigenvalue weighted by atomic mass is 9.97. The predicted molar refractivity (Wildman–Crippen MR) is 94.8 cm³/mol. The Hall–Kier alpha value is -2.76. The van der Waals surface area contributed by atoms with Gasteiger partial charge in [-0.1, -0.05) is 13.0 Å². The summed E-state index contributed by atoms with van der Waals surface area (Å²) in [6.45, 7) is 5.51. The zero-order valence-corrected chi connectivity index (χ0v) is 14.0. The Morgan fingerprint density at radius 1 is 1.33 bits per heavy atom. The van der Waals surface area contributed by atoms with Crippen molar-refractivity contribution in [3.63, 3.8) is 0 Å². The molecule has 6 nitrogen and oxygen atoms in total. The van der Waals surface area contributed by atoms with E-state index in [9.17, 15) is 14.7 Å². The highest BCUT2D eigenvalue weighted by Gasteiger charge is 2.42. The molecule has 1 saturated carbocycles. The zero-order valence-electron chi connectivity index (χ0n) is 14.0. The number of nitrogen functional groups attached to an aromatic ring is 1. The highest BCUT2D eigenvalue weighted by molar-refractivity contribution is 5.97. The summed E-state index contributed by atoms with van der Waals surface area (Å²) < 4.78 is 1.31. The van der Waals surface area contributed by atoms with Gasteiger partial charge in [0, 0.05) is 12.6 Å². The molecule has 1 aromatic carbocycles. The summed E-state index contributed by atoms with van der Waals surface area (Å²) in [7, 11) is 0. The summed E-state index contributed by atoms with van der Waals surface area (Å²) in [4.78, 5) is 24.9. The van der Waals surface area contributed by atoms with E-state index in [1.165, 1.54) is 10.6 Å². The molecular formula is C18H23N3O3. The van der Waals surface area contributed by atoms with Crippen molar-refractivity contribution in [2.45, 2.75) is 39.0 Å². The number of phenolic OH excluding ortho intramolecular Hbond substituents is 1. The molecule has 24 heavy (non-hydrogen) atoms. The highest BCUT2D eigenvalue weighted by Crippen LogP contribution is 2.46. The Kier molecular flexibility index (Phi) is 3.44. The van der Waals surface area contributed by atoms with Crippen LogP contribution in [-0.2, 0) is 5.41 Å². The fourth-order valence-corrected chi connectivity index (χ4v) is 3.11. The molecule has 128 valence electrons. The van der Waals surface area contributed by atoms with Gasteiger partial charge in [0.15, 0.2) is 0 Å². The van der Waals surface area contributed by atoms with Crippen molar-refractivity contribution in [3.05, 3.63) is 50.8 Å². The van der Waals surface area contributed by atoms with Crippen molar-refractivity contribution in [2.24, 2.45) is 5.73 Å². The minimum absolute atomic E-state index is 0. The topological polar surface area (TPSA) is 111 Å². The van der Waals surface area contributed by atoms with Gasteiger partial charge in [-0.05, 0) is 49.8 Å². The largest absolute Gasteiger partial charge is 0.508 e. The van der Waals surface area contributed by atoms with Crippen LogP contribution in [0, 0.1) is 13.8 Å². The molecule has 0 unspecified atom stereocenters. The smallest absolute Gasteiger partial charge is 0.260 e. The fraction of sp³-hybridized carbons (Fsp3) is 0.333. The molecule has 0 atom stereocenters. The van der Waals surface area contributed by atoms with Gasteiger partial charge < -0.3 is 16.6 Å². The number of anilines is 1. The Balaban J connectivity index is 0.00000225. The molecule has 0 saturated heterocycles. The third kappa shape index (κ3) is 2.26. The fourth-order valence-electron chi connectivity index (χ4n) is 3.11. The van der Waals surface area contributed by atoms with E-state index >= 15 is 0 Å². The van der Waals surface area contributed by atoms with E-state index in [0.29, 0.717) is 16.8 Å². The number of hydrogen-bond acceptors (Lipinski definition) is 4. The summed E-state index contributed by atoms with van der Waals surface area (Å²) in [5, 5.41) is 10.0. The number of carbonyl (C=O) groups is 1. The minimum atomic E-state index is -0.679. The van der Waals surface area contributed by atoms with Gasteiger partial charge in [0.2, 0.25) is 0 Å². The first kappa shape index (κ1) is 16.1. The average molecular weight is 329 g/mol. The van der Waals surface area contributed by atoms with Crippen LogP contribution in [0.2, 0.25) is 0 Å². The number of aromatic hydroxyl groups is 1. The molecule has 1 amide bonds. The van der Waals surface area contributed by atoms with Crippen LogP contribution < -0.4 is 17.0 Å². The molecular weight excluding hydrogens is 306 g/mol. The molecule has 0 bridgehead atoms. The molecule has 3 rings (SSSR count). The van der Waals surface area contributed by atoms with Gasteiger partial charge in [-0.25, -0.2) is 0 Å². The molecule has 0 radical (unpaired) electrons. The van der Waals surface area contributed by atoms with Crippen molar-refractivity contribution in [3.8, 4) is 11.4 Å². The normalized spacial score (nSPS) is 15.3. The molecule has 1 aliphatic carbocycles. The number of hydrogen-bond donors (Lipinski definition) is 3. The third-order valence-corrected chi connectivity index (χ3v) is 4.98. The number of carbonyl (C=O) groups excluding carboxylic acids is 1. The van der Waals surface area contributed by atoms with Crippen LogP contribution in [0.3, 0.4) is 0 Å². The Bertz CT molecular complexity index is 930. The molecule has 2 aromatic rings. The summed E-state index contributed by atoms with van der Waals surface area (Å²) in [6.07, 6.45) is 1.75. The van der Waals surface area contributed by atoms with Crippen LogP contribution in [0.5, 0.6) is 5.75 Å². The first-order chi connectivity index (χ1) is 11.2. The second-order valence-electron chi connectivity index (χ2n) is 6.80. The Morgan fingerprint density at radius 2 is 1.96 bits per heavy atom. The molecule has 6 heteroatoms. The number of aromatic nitrogens is 1. The van der Waals surface area contributed by atoms with E-state index in [2.05, 4.69) is 0 Å². The lowest BCUT2D eigenvalue weighted by Crippen LogP contribution is -2.32. The minimum Gasteiger partial charge on any atom is -0.508 e. The van der Waals surface area contributed by atoms with Crippen LogP contribution in [0.15, 0.2) is 23.0 Å². The molecule has 0 spiro atoms.